The van der Waals surface area contributed by atoms with Gasteiger partial charge in [-0.2, -0.15) is 8.78 Å². The van der Waals surface area contributed by atoms with Gasteiger partial charge in [0, 0.05) is 5.56 Å². The summed E-state index contributed by atoms with van der Waals surface area (Å²) in [6.45, 7) is 1.13. The minimum absolute atomic E-state index is 0. The van der Waals surface area contributed by atoms with E-state index in [-0.39, 0.29) is 19.0 Å². The number of benzene rings is 1. The van der Waals surface area contributed by atoms with Gasteiger partial charge in [-0.25, -0.2) is 9.18 Å². The fourth-order valence-corrected chi connectivity index (χ4v) is 1.72. The van der Waals surface area contributed by atoms with Gasteiger partial charge in [0.2, 0.25) is 0 Å². The number of hydrogen-bond donors (Lipinski definition) is 2. The van der Waals surface area contributed by atoms with Crippen LogP contribution in [0, 0.1) is 5.82 Å². The number of hydrogen-bond acceptors (Lipinski definition) is 4. The number of carbonyl (C=O) groups excluding carboxylic acids is 1. The Kier molecular flexibility index (Phi) is 6.79. The van der Waals surface area contributed by atoms with Crippen molar-refractivity contribution in [1.82, 2.24) is 0 Å². The molecular formula is C11H12BrClF3NO3. The lowest BCUT2D eigenvalue weighted by Gasteiger charge is -2.22. The molecule has 0 saturated carbocycles. The van der Waals surface area contributed by atoms with Crippen molar-refractivity contribution in [3.63, 3.8) is 0 Å². The maximum absolute atomic E-state index is 13.7. The third-order valence-electron chi connectivity index (χ3n) is 2.37. The van der Waals surface area contributed by atoms with Crippen molar-refractivity contribution in [1.29, 1.82) is 0 Å². The SMILES string of the molecule is CCOC(=O)C(F)(F)[C@H](N)c1ccc(F)c(Br)c1O.Cl. The number of phenolic OH excluding ortho intramolecular Hbond substituents is 1. The smallest absolute Gasteiger partial charge is 0.379 e. The molecule has 0 amide bonds. The standard InChI is InChI=1S/C11H11BrF3NO3.ClH/c1-2-19-10(18)11(14,15)9(16)5-3-4-6(13)7(12)8(5)17;/h3-4,9,17H,2,16H2,1H3;1H/t9-;/m1./s1. The first-order chi connectivity index (χ1) is 8.73. The van der Waals surface area contributed by atoms with Crippen molar-refractivity contribution >= 4 is 34.3 Å². The lowest BCUT2D eigenvalue weighted by atomic mass is 10.0. The van der Waals surface area contributed by atoms with Gasteiger partial charge < -0.3 is 15.6 Å². The molecule has 1 aromatic carbocycles. The molecule has 114 valence electrons. The Morgan fingerprint density at radius 1 is 1.55 bits per heavy atom. The highest BCUT2D eigenvalue weighted by atomic mass is 79.9. The number of phenols is 1. The molecule has 0 bridgehead atoms. The van der Waals surface area contributed by atoms with Gasteiger partial charge in [-0.05, 0) is 28.9 Å². The van der Waals surface area contributed by atoms with Crippen LogP contribution < -0.4 is 5.73 Å². The van der Waals surface area contributed by atoms with Crippen LogP contribution in [0.2, 0.25) is 0 Å². The zero-order valence-corrected chi connectivity index (χ0v) is 12.6. The van der Waals surface area contributed by atoms with Gasteiger partial charge >= 0.3 is 11.9 Å². The van der Waals surface area contributed by atoms with Gasteiger partial charge in [0.05, 0.1) is 11.1 Å². The quantitative estimate of drug-likeness (QED) is 0.790. The first-order valence-corrected chi connectivity index (χ1v) is 6.00. The molecule has 9 heteroatoms. The van der Waals surface area contributed by atoms with Crippen LogP contribution in [0.25, 0.3) is 0 Å². The number of rotatable bonds is 4. The fraction of sp³-hybridized carbons (Fsp3) is 0.364. The van der Waals surface area contributed by atoms with Gasteiger partial charge in [0.1, 0.15) is 17.6 Å². The third-order valence-corrected chi connectivity index (χ3v) is 3.13. The molecule has 0 aromatic heterocycles. The van der Waals surface area contributed by atoms with E-state index in [9.17, 15) is 23.1 Å². The molecule has 1 rings (SSSR count). The minimum Gasteiger partial charge on any atom is -0.506 e. The van der Waals surface area contributed by atoms with E-state index in [1.807, 2.05) is 0 Å². The molecule has 3 N–H and O–H groups in total. The monoisotopic (exact) mass is 377 g/mol. The molecule has 1 atom stereocenters. The van der Waals surface area contributed by atoms with Crippen LogP contribution in [0.5, 0.6) is 5.75 Å². The molecule has 0 fully saturated rings. The van der Waals surface area contributed by atoms with Crippen LogP contribution >= 0.6 is 28.3 Å². The van der Waals surface area contributed by atoms with Crippen LogP contribution in [-0.4, -0.2) is 23.6 Å². The van der Waals surface area contributed by atoms with E-state index in [0.29, 0.717) is 0 Å². The third kappa shape index (κ3) is 3.56. The van der Waals surface area contributed by atoms with Gasteiger partial charge in [-0.3, -0.25) is 0 Å². The van der Waals surface area contributed by atoms with E-state index in [1.165, 1.54) is 6.92 Å². The zero-order chi connectivity index (χ0) is 14.8. The highest BCUT2D eigenvalue weighted by Crippen LogP contribution is 2.39. The Bertz CT molecular complexity index is 502. The van der Waals surface area contributed by atoms with Crippen LogP contribution in [0.3, 0.4) is 0 Å². The normalized spacial score (nSPS) is 12.5. The first-order valence-electron chi connectivity index (χ1n) is 5.20. The summed E-state index contributed by atoms with van der Waals surface area (Å²) in [6, 6.07) is -0.420. The number of halogens is 5. The summed E-state index contributed by atoms with van der Waals surface area (Å²) >= 11 is 2.69. The van der Waals surface area contributed by atoms with Crippen molar-refractivity contribution < 1.29 is 27.8 Å². The zero-order valence-electron chi connectivity index (χ0n) is 10.2. The van der Waals surface area contributed by atoms with Crippen LogP contribution in [0.1, 0.15) is 18.5 Å². The maximum Gasteiger partial charge on any atom is 0.379 e. The maximum atomic E-state index is 13.7. The summed E-state index contributed by atoms with van der Waals surface area (Å²) in [5.74, 6) is -7.46. The Hall–Kier alpha value is -0.990. The molecule has 20 heavy (non-hydrogen) atoms. The van der Waals surface area contributed by atoms with Gasteiger partial charge in [-0.1, -0.05) is 6.07 Å². The molecule has 0 aliphatic heterocycles. The lowest BCUT2D eigenvalue weighted by Crippen LogP contribution is -2.41. The number of carbonyl (C=O) groups is 1. The summed E-state index contributed by atoms with van der Waals surface area (Å²) in [5.41, 5.74) is 4.80. The van der Waals surface area contributed by atoms with Gasteiger partial charge in [0.15, 0.2) is 0 Å². The van der Waals surface area contributed by atoms with E-state index in [4.69, 9.17) is 5.73 Å². The van der Waals surface area contributed by atoms with Crippen molar-refractivity contribution in [3.05, 3.63) is 28.0 Å². The molecule has 0 unspecified atom stereocenters. The van der Waals surface area contributed by atoms with Crippen LogP contribution in [-0.2, 0) is 9.53 Å². The average molecular weight is 379 g/mol. The van der Waals surface area contributed by atoms with Crippen LogP contribution in [0.15, 0.2) is 16.6 Å². The predicted octanol–water partition coefficient (Wildman–Crippen LogP) is 2.91. The molecule has 4 nitrogen and oxygen atoms in total. The minimum atomic E-state index is -4.04. The van der Waals surface area contributed by atoms with Crippen molar-refractivity contribution in [2.24, 2.45) is 5.73 Å². The summed E-state index contributed by atoms with van der Waals surface area (Å²) in [7, 11) is 0. The largest absolute Gasteiger partial charge is 0.506 e. The topological polar surface area (TPSA) is 72.5 Å². The summed E-state index contributed by atoms with van der Waals surface area (Å²) < 4.78 is 44.2. The Balaban J connectivity index is 0.00000361. The number of aromatic hydroxyl groups is 1. The summed E-state index contributed by atoms with van der Waals surface area (Å²) in [5, 5.41) is 9.57. The Labute approximate surface area is 127 Å². The Morgan fingerprint density at radius 3 is 2.60 bits per heavy atom. The number of esters is 1. The second kappa shape index (κ2) is 7.14. The predicted molar refractivity (Wildman–Crippen MR) is 71.5 cm³/mol. The van der Waals surface area contributed by atoms with Gasteiger partial charge in [-0.15, -0.1) is 12.4 Å². The van der Waals surface area contributed by atoms with E-state index >= 15 is 0 Å². The fourth-order valence-electron chi connectivity index (χ4n) is 1.36. The Morgan fingerprint density at radius 2 is 2.10 bits per heavy atom. The van der Waals surface area contributed by atoms with Crippen LogP contribution in [0.4, 0.5) is 13.2 Å². The van der Waals surface area contributed by atoms with Crippen molar-refractivity contribution in [2.75, 3.05) is 6.61 Å². The van der Waals surface area contributed by atoms with Crippen molar-refractivity contribution in [3.8, 4) is 5.75 Å². The molecule has 0 aliphatic carbocycles. The average Bonchev–Trinajstić information content (AvgIpc) is 2.35. The highest BCUT2D eigenvalue weighted by Gasteiger charge is 2.48. The molecule has 0 heterocycles. The van der Waals surface area contributed by atoms with Crippen molar-refractivity contribution in [2.45, 2.75) is 18.9 Å². The summed E-state index contributed by atoms with van der Waals surface area (Å²) in [6.07, 6.45) is 0. The number of ether oxygens (including phenoxy) is 1. The number of nitrogens with two attached hydrogens (primary N) is 1. The second-order valence-electron chi connectivity index (χ2n) is 3.62. The molecule has 1 aromatic rings. The molecule has 0 saturated heterocycles. The van der Waals surface area contributed by atoms with E-state index in [1.54, 1.807) is 0 Å². The van der Waals surface area contributed by atoms with E-state index < -0.39 is 39.5 Å². The summed E-state index contributed by atoms with van der Waals surface area (Å²) in [4.78, 5) is 11.1. The first kappa shape index (κ1) is 19.0. The van der Waals surface area contributed by atoms with Gasteiger partial charge in [0.25, 0.3) is 0 Å². The lowest BCUT2D eigenvalue weighted by molar-refractivity contribution is -0.174. The second-order valence-corrected chi connectivity index (χ2v) is 4.41. The molecule has 0 spiro atoms. The molecular weight excluding hydrogens is 366 g/mol. The van der Waals surface area contributed by atoms with E-state index in [0.717, 1.165) is 12.1 Å². The molecule has 0 radical (unpaired) electrons. The molecule has 0 aliphatic rings. The number of alkyl halides is 2. The highest BCUT2D eigenvalue weighted by molar-refractivity contribution is 9.10. The van der Waals surface area contributed by atoms with E-state index in [2.05, 4.69) is 20.7 Å².